The topological polar surface area (TPSA) is 158 Å². The lowest BCUT2D eigenvalue weighted by Crippen LogP contribution is -2.26. The second kappa shape index (κ2) is 11.2. The molecule has 0 atom stereocenters. The Balaban J connectivity index is 2.07. The van der Waals surface area contributed by atoms with Crippen molar-refractivity contribution < 1.29 is 24.2 Å². The minimum atomic E-state index is -0.759. The smallest absolute Gasteiger partial charge is 0.308 e. The van der Waals surface area contributed by atoms with Crippen LogP contribution >= 0.6 is 0 Å². The Morgan fingerprint density at radius 3 is 2.28 bits per heavy atom. The number of hydrogen-bond donors (Lipinski definition) is 0. The van der Waals surface area contributed by atoms with E-state index in [-0.39, 0.29) is 24.5 Å². The van der Waals surface area contributed by atoms with Gasteiger partial charge in [-0.1, -0.05) is 0 Å². The molecule has 0 aliphatic heterocycles. The normalized spacial score (nSPS) is 10.7. The summed E-state index contributed by atoms with van der Waals surface area (Å²) >= 11 is 0. The predicted octanol–water partition coefficient (Wildman–Crippen LogP) is 4.27. The van der Waals surface area contributed by atoms with Crippen LogP contribution in [-0.4, -0.2) is 41.3 Å². The molecule has 0 aromatic heterocycles. The van der Waals surface area contributed by atoms with Gasteiger partial charge < -0.3 is 9.64 Å². The number of carbonyl (C=O) groups is 2. The Bertz CT molecular complexity index is 1040. The Morgan fingerprint density at radius 2 is 1.72 bits per heavy atom. The summed E-state index contributed by atoms with van der Waals surface area (Å²) in [6.07, 6.45) is 0.117. The van der Waals surface area contributed by atoms with E-state index in [9.17, 15) is 29.8 Å². The maximum absolute atomic E-state index is 11.7. The van der Waals surface area contributed by atoms with Crippen molar-refractivity contribution in [2.45, 2.75) is 20.3 Å². The lowest BCUT2D eigenvalue weighted by atomic mass is 10.2. The van der Waals surface area contributed by atoms with E-state index in [0.717, 1.165) is 23.9 Å². The first-order chi connectivity index (χ1) is 15.2. The Kier molecular flexibility index (Phi) is 8.45. The molecule has 0 saturated heterocycles. The van der Waals surface area contributed by atoms with Crippen LogP contribution in [0.3, 0.4) is 0 Å². The van der Waals surface area contributed by atoms with Gasteiger partial charge in [0.25, 0.3) is 5.69 Å². The highest BCUT2D eigenvalue weighted by Gasteiger charge is 2.19. The SMILES string of the molecule is CCN(CCC(=O)OCC(C)=O)c1ccc(N=Nc2ccc([N+](=O)[O-])cc2[N+](=O)[O-])cc1. The number of esters is 1. The van der Waals surface area contributed by atoms with E-state index in [2.05, 4.69) is 10.2 Å². The highest BCUT2D eigenvalue weighted by atomic mass is 16.6. The predicted molar refractivity (Wildman–Crippen MR) is 115 cm³/mol. The highest BCUT2D eigenvalue weighted by Crippen LogP contribution is 2.32. The summed E-state index contributed by atoms with van der Waals surface area (Å²) in [5.74, 6) is -0.691. The van der Waals surface area contributed by atoms with Gasteiger partial charge in [-0.2, -0.15) is 5.11 Å². The van der Waals surface area contributed by atoms with E-state index >= 15 is 0 Å². The molecule has 0 unspecified atom stereocenters. The maximum atomic E-state index is 11.7. The van der Waals surface area contributed by atoms with Gasteiger partial charge in [-0.25, -0.2) is 0 Å². The van der Waals surface area contributed by atoms with Crippen LogP contribution in [0.5, 0.6) is 0 Å². The van der Waals surface area contributed by atoms with Crippen molar-refractivity contribution >= 4 is 40.2 Å². The van der Waals surface area contributed by atoms with Crippen LogP contribution in [0.15, 0.2) is 52.7 Å². The fourth-order valence-corrected chi connectivity index (χ4v) is 2.65. The number of non-ortho nitro benzene ring substituents is 1. The molecule has 12 nitrogen and oxygen atoms in total. The molecule has 2 aromatic rings. The number of ketones is 1. The molecule has 0 amide bonds. The van der Waals surface area contributed by atoms with Crippen LogP contribution in [0.2, 0.25) is 0 Å². The summed E-state index contributed by atoms with van der Waals surface area (Å²) in [5.41, 5.74) is 0.188. The lowest BCUT2D eigenvalue weighted by molar-refractivity contribution is -0.393. The van der Waals surface area contributed by atoms with E-state index in [0.29, 0.717) is 18.8 Å². The Morgan fingerprint density at radius 1 is 1.03 bits per heavy atom. The highest BCUT2D eigenvalue weighted by molar-refractivity contribution is 5.80. The summed E-state index contributed by atoms with van der Waals surface area (Å²) in [7, 11) is 0. The van der Waals surface area contributed by atoms with Gasteiger partial charge in [0.05, 0.1) is 28.0 Å². The van der Waals surface area contributed by atoms with Crippen molar-refractivity contribution in [2.24, 2.45) is 10.2 Å². The van der Waals surface area contributed by atoms with Gasteiger partial charge in [0.1, 0.15) is 6.61 Å². The fourth-order valence-electron chi connectivity index (χ4n) is 2.65. The van der Waals surface area contributed by atoms with Crippen LogP contribution in [0, 0.1) is 20.2 Å². The third-order valence-electron chi connectivity index (χ3n) is 4.26. The molecular weight excluding hydrogens is 422 g/mol. The number of benzene rings is 2. The first-order valence-corrected chi connectivity index (χ1v) is 9.56. The van der Waals surface area contributed by atoms with Crippen LogP contribution in [0.25, 0.3) is 0 Å². The number of carbonyl (C=O) groups excluding carboxylic acids is 2. The second-order valence-corrected chi connectivity index (χ2v) is 6.60. The third-order valence-corrected chi connectivity index (χ3v) is 4.26. The molecule has 2 rings (SSSR count). The summed E-state index contributed by atoms with van der Waals surface area (Å²) in [5, 5.41) is 29.8. The molecule has 0 N–H and O–H groups in total. The summed E-state index contributed by atoms with van der Waals surface area (Å²) in [6, 6.07) is 9.91. The zero-order valence-electron chi connectivity index (χ0n) is 17.5. The van der Waals surface area contributed by atoms with E-state index in [1.165, 1.54) is 6.92 Å². The maximum Gasteiger partial charge on any atom is 0.308 e. The minimum Gasteiger partial charge on any atom is -0.458 e. The zero-order chi connectivity index (χ0) is 23.7. The van der Waals surface area contributed by atoms with Crippen molar-refractivity contribution in [3.05, 3.63) is 62.7 Å². The molecule has 32 heavy (non-hydrogen) atoms. The number of nitro groups is 2. The minimum absolute atomic E-state index is 0.107. The zero-order valence-corrected chi connectivity index (χ0v) is 17.5. The third kappa shape index (κ3) is 6.93. The Hall–Kier alpha value is -4.22. The van der Waals surface area contributed by atoms with Crippen molar-refractivity contribution in [3.63, 3.8) is 0 Å². The monoisotopic (exact) mass is 443 g/mol. The van der Waals surface area contributed by atoms with Crippen molar-refractivity contribution in [1.29, 1.82) is 0 Å². The number of nitro benzene ring substituents is 2. The van der Waals surface area contributed by atoms with Gasteiger partial charge in [-0.05, 0) is 44.2 Å². The number of rotatable bonds is 11. The number of anilines is 1. The van der Waals surface area contributed by atoms with Crippen molar-refractivity contribution in [2.75, 3.05) is 24.6 Å². The molecule has 0 heterocycles. The van der Waals surface area contributed by atoms with E-state index < -0.39 is 27.2 Å². The van der Waals surface area contributed by atoms with Crippen LogP contribution in [0.4, 0.5) is 28.4 Å². The molecule has 168 valence electrons. The number of azo groups is 1. The van der Waals surface area contributed by atoms with Gasteiger partial charge in [0, 0.05) is 24.8 Å². The molecule has 0 fully saturated rings. The van der Waals surface area contributed by atoms with Crippen LogP contribution in [0.1, 0.15) is 20.3 Å². The number of Topliss-reactive ketones (excluding diaryl/α,β-unsaturated/α-hetero) is 1. The molecule has 0 bridgehead atoms. The average Bonchev–Trinajstić information content (AvgIpc) is 2.77. The second-order valence-electron chi connectivity index (χ2n) is 6.60. The van der Waals surface area contributed by atoms with E-state index in [1.807, 2.05) is 11.8 Å². The quantitative estimate of drug-likeness (QED) is 0.215. The molecule has 0 saturated carbocycles. The Labute approximate surface area is 182 Å². The van der Waals surface area contributed by atoms with Gasteiger partial charge >= 0.3 is 11.7 Å². The van der Waals surface area contributed by atoms with Crippen molar-refractivity contribution in [1.82, 2.24) is 0 Å². The van der Waals surface area contributed by atoms with E-state index in [1.54, 1.807) is 24.3 Å². The molecule has 0 radical (unpaired) electrons. The molecule has 2 aromatic carbocycles. The van der Waals surface area contributed by atoms with Gasteiger partial charge in [0.2, 0.25) is 0 Å². The van der Waals surface area contributed by atoms with Gasteiger partial charge in [-0.3, -0.25) is 29.8 Å². The van der Waals surface area contributed by atoms with Crippen molar-refractivity contribution in [3.8, 4) is 0 Å². The average molecular weight is 443 g/mol. The number of hydrogen-bond acceptors (Lipinski definition) is 10. The molecule has 0 aliphatic rings. The van der Waals surface area contributed by atoms with E-state index in [4.69, 9.17) is 4.74 Å². The first kappa shape index (κ1) is 24.1. The summed E-state index contributed by atoms with van der Waals surface area (Å²) < 4.78 is 4.85. The molecule has 12 heteroatoms. The van der Waals surface area contributed by atoms with Crippen LogP contribution < -0.4 is 4.90 Å². The largest absolute Gasteiger partial charge is 0.458 e. The molecule has 0 aliphatic carbocycles. The van der Waals surface area contributed by atoms with Crippen LogP contribution in [-0.2, 0) is 14.3 Å². The summed E-state index contributed by atoms with van der Waals surface area (Å²) in [6.45, 7) is 4.03. The number of nitrogens with zero attached hydrogens (tertiary/aromatic N) is 5. The lowest BCUT2D eigenvalue weighted by Gasteiger charge is -2.22. The summed E-state index contributed by atoms with van der Waals surface area (Å²) in [4.78, 5) is 45.0. The number of ether oxygens (including phenoxy) is 1. The standard InChI is InChI=1S/C20H21N5O7/c1-3-23(11-10-20(27)32-13-14(2)26)16-6-4-15(5-7-16)21-22-18-9-8-17(24(28)29)12-19(18)25(30)31/h4-9,12H,3,10-11,13H2,1-2H3. The molecular formula is C20H21N5O7. The van der Waals surface area contributed by atoms with Gasteiger partial charge in [0.15, 0.2) is 11.5 Å². The molecule has 0 spiro atoms. The first-order valence-electron chi connectivity index (χ1n) is 9.56. The van der Waals surface area contributed by atoms with Gasteiger partial charge in [-0.15, -0.1) is 5.11 Å². The fraction of sp³-hybridized carbons (Fsp3) is 0.300.